The van der Waals surface area contributed by atoms with E-state index in [1.54, 1.807) is 6.20 Å². The van der Waals surface area contributed by atoms with Gasteiger partial charge in [-0.2, -0.15) is 26.3 Å². The van der Waals surface area contributed by atoms with Crippen LogP contribution in [0.3, 0.4) is 0 Å². The zero-order chi connectivity index (χ0) is 29.4. The van der Waals surface area contributed by atoms with Gasteiger partial charge in [-0.15, -0.1) is 0 Å². The van der Waals surface area contributed by atoms with Gasteiger partial charge in [0.2, 0.25) is 11.8 Å². The number of pyridine rings is 1. The Bertz CT molecular complexity index is 1100. The summed E-state index contributed by atoms with van der Waals surface area (Å²) in [7, 11) is 0. The third kappa shape index (κ3) is 9.15. The quantitative estimate of drug-likeness (QED) is 0.463. The molecule has 1 spiro atoms. The summed E-state index contributed by atoms with van der Waals surface area (Å²) in [5.74, 6) is -2.72. The van der Waals surface area contributed by atoms with Crippen LogP contribution < -0.4 is 10.1 Å². The molecule has 4 heterocycles. The van der Waals surface area contributed by atoms with E-state index in [1.807, 2.05) is 37.3 Å². The Labute approximate surface area is 217 Å². The van der Waals surface area contributed by atoms with Gasteiger partial charge in [-0.25, -0.2) is 14.6 Å². The first-order valence-electron chi connectivity index (χ1n) is 11.2. The van der Waals surface area contributed by atoms with E-state index >= 15 is 0 Å². The average Bonchev–Trinajstić information content (AvgIpc) is 3.53. The fourth-order valence-electron chi connectivity index (χ4n) is 3.97. The summed E-state index contributed by atoms with van der Waals surface area (Å²) < 4.78 is 75.0. The highest BCUT2D eigenvalue weighted by molar-refractivity contribution is 5.86. The zero-order valence-electron chi connectivity index (χ0n) is 20.4. The molecule has 2 aliphatic rings. The Morgan fingerprint density at radius 3 is 2.23 bits per heavy atom. The average molecular weight is 569 g/mol. The van der Waals surface area contributed by atoms with E-state index in [0.29, 0.717) is 19.0 Å². The number of ether oxygens (including phenoxy) is 1. The molecule has 2 aromatic heterocycles. The van der Waals surface area contributed by atoms with Crippen molar-refractivity contribution in [2.24, 2.45) is 11.3 Å². The number of rotatable bonds is 5. The van der Waals surface area contributed by atoms with Crippen molar-refractivity contribution in [3.63, 3.8) is 0 Å². The van der Waals surface area contributed by atoms with Gasteiger partial charge >= 0.3 is 24.3 Å². The van der Waals surface area contributed by atoms with Crippen LogP contribution in [0.25, 0.3) is 0 Å². The van der Waals surface area contributed by atoms with Gasteiger partial charge in [-0.3, -0.25) is 9.69 Å². The summed E-state index contributed by atoms with van der Waals surface area (Å²) in [6, 6.07) is 9.60. The molecule has 1 amide bonds. The summed E-state index contributed by atoms with van der Waals surface area (Å²) >= 11 is 0. The van der Waals surface area contributed by atoms with Crippen LogP contribution in [0, 0.1) is 18.3 Å². The van der Waals surface area contributed by atoms with Crippen molar-refractivity contribution >= 4 is 17.8 Å². The highest BCUT2D eigenvalue weighted by Crippen LogP contribution is 2.42. The highest BCUT2D eigenvalue weighted by atomic mass is 19.4. The van der Waals surface area contributed by atoms with Gasteiger partial charge in [0.15, 0.2) is 0 Å². The lowest BCUT2D eigenvalue weighted by atomic mass is 9.77. The minimum absolute atomic E-state index is 0.153. The lowest BCUT2D eigenvalue weighted by Gasteiger charge is -2.28. The molecule has 0 aromatic carbocycles. The number of carboxylic acid groups (broad SMARTS) is 2. The number of aryl methyl sites for hydroxylation is 1. The lowest BCUT2D eigenvalue weighted by molar-refractivity contribution is -0.193. The predicted octanol–water partition coefficient (Wildman–Crippen LogP) is 3.27. The topological polar surface area (TPSA) is 142 Å². The first-order chi connectivity index (χ1) is 18.0. The van der Waals surface area contributed by atoms with Crippen molar-refractivity contribution in [2.45, 2.75) is 32.2 Å². The third-order valence-electron chi connectivity index (χ3n) is 5.85. The Morgan fingerprint density at radius 2 is 1.74 bits per heavy atom. The van der Waals surface area contributed by atoms with E-state index in [9.17, 15) is 31.1 Å². The smallest absolute Gasteiger partial charge is 0.477 e. The van der Waals surface area contributed by atoms with E-state index in [0.717, 1.165) is 37.6 Å². The molecule has 2 fully saturated rings. The molecule has 0 unspecified atom stereocenters. The van der Waals surface area contributed by atoms with E-state index in [1.165, 1.54) is 0 Å². The molecule has 2 aromatic rings. The van der Waals surface area contributed by atoms with Gasteiger partial charge in [0.25, 0.3) is 0 Å². The van der Waals surface area contributed by atoms with Crippen molar-refractivity contribution in [1.29, 1.82) is 0 Å². The standard InChI is InChI=1S/C19H23N3O3.2C2HF3O2/c1-14-5-6-16(25-14)11-22-9-7-19(13-22)15(10-21-18(19)23)12-24-17-4-2-3-8-20-17;2*3-2(4,5)1(6)7/h2-6,8,15H,7,9-13H2,1H3,(H,21,23);2*(H,6,7)/t15-,19+;;/m0../s1. The summed E-state index contributed by atoms with van der Waals surface area (Å²) in [4.78, 5) is 36.9. The van der Waals surface area contributed by atoms with Gasteiger partial charge in [0.1, 0.15) is 11.5 Å². The monoisotopic (exact) mass is 569 g/mol. The van der Waals surface area contributed by atoms with E-state index in [-0.39, 0.29) is 17.2 Å². The number of aliphatic carboxylic acids is 2. The van der Waals surface area contributed by atoms with Gasteiger partial charge in [0.05, 0.1) is 18.6 Å². The van der Waals surface area contributed by atoms with Crippen molar-refractivity contribution in [3.8, 4) is 5.88 Å². The summed E-state index contributed by atoms with van der Waals surface area (Å²) in [6.45, 7) is 5.51. The molecule has 4 rings (SSSR count). The number of alkyl halides is 6. The molecule has 10 nitrogen and oxygen atoms in total. The maximum atomic E-state index is 12.6. The number of hydrogen-bond donors (Lipinski definition) is 3. The van der Waals surface area contributed by atoms with E-state index in [4.69, 9.17) is 29.0 Å². The number of carbonyl (C=O) groups excluding carboxylic acids is 1. The predicted molar refractivity (Wildman–Crippen MR) is 119 cm³/mol. The number of aromatic nitrogens is 1. The van der Waals surface area contributed by atoms with Gasteiger partial charge in [0, 0.05) is 31.3 Å². The number of amides is 1. The SMILES string of the molecule is Cc1ccc(CN2CC[C@]3(C2)C(=O)NC[C@H]3COc2ccccn2)o1.O=C(O)C(F)(F)F.O=C(O)C(F)(F)F. The van der Waals surface area contributed by atoms with Gasteiger partial charge in [-0.1, -0.05) is 6.07 Å². The minimum atomic E-state index is -5.08. The van der Waals surface area contributed by atoms with Crippen LogP contribution in [0.4, 0.5) is 26.3 Å². The molecule has 0 radical (unpaired) electrons. The van der Waals surface area contributed by atoms with Crippen LogP contribution in [0.15, 0.2) is 40.9 Å². The Kier molecular flexibility index (Phi) is 10.3. The summed E-state index contributed by atoms with van der Waals surface area (Å²) in [5, 5.41) is 17.3. The van der Waals surface area contributed by atoms with Crippen molar-refractivity contribution < 1.29 is 60.1 Å². The number of carboxylic acids is 2. The van der Waals surface area contributed by atoms with Crippen LogP contribution in [0.1, 0.15) is 17.9 Å². The number of nitrogens with one attached hydrogen (secondary N) is 1. The van der Waals surface area contributed by atoms with Crippen LogP contribution in [-0.4, -0.2) is 76.5 Å². The summed E-state index contributed by atoms with van der Waals surface area (Å²) in [6.07, 6.45) is -7.60. The maximum absolute atomic E-state index is 12.6. The first-order valence-corrected chi connectivity index (χ1v) is 11.2. The summed E-state index contributed by atoms with van der Waals surface area (Å²) in [5.41, 5.74) is -0.365. The first kappa shape index (κ1) is 31.4. The molecule has 16 heteroatoms. The fourth-order valence-corrected chi connectivity index (χ4v) is 3.97. The minimum Gasteiger partial charge on any atom is -0.477 e. The second kappa shape index (κ2) is 12.8. The van der Waals surface area contributed by atoms with Crippen LogP contribution in [-0.2, 0) is 20.9 Å². The second-order valence-electron chi connectivity index (χ2n) is 8.62. The number of furan rings is 1. The number of likely N-dealkylation sites (tertiary alicyclic amines) is 1. The van der Waals surface area contributed by atoms with Crippen molar-refractivity contribution in [2.75, 3.05) is 26.2 Å². The molecular formula is C23H25F6N3O7. The van der Waals surface area contributed by atoms with Crippen molar-refractivity contribution in [1.82, 2.24) is 15.2 Å². The van der Waals surface area contributed by atoms with Crippen LogP contribution in [0.5, 0.6) is 5.88 Å². The van der Waals surface area contributed by atoms with Crippen LogP contribution in [0.2, 0.25) is 0 Å². The molecule has 0 saturated carbocycles. The third-order valence-corrected chi connectivity index (χ3v) is 5.85. The van der Waals surface area contributed by atoms with Crippen LogP contribution >= 0.6 is 0 Å². The molecule has 2 atom stereocenters. The number of halogens is 6. The number of nitrogens with zero attached hydrogens (tertiary/aromatic N) is 2. The molecule has 2 saturated heterocycles. The molecule has 0 bridgehead atoms. The number of hydrogen-bond acceptors (Lipinski definition) is 7. The molecule has 216 valence electrons. The second-order valence-corrected chi connectivity index (χ2v) is 8.62. The maximum Gasteiger partial charge on any atom is 0.490 e. The molecule has 2 aliphatic heterocycles. The fraction of sp³-hybridized carbons (Fsp3) is 0.478. The van der Waals surface area contributed by atoms with Crippen molar-refractivity contribution in [3.05, 3.63) is 48.0 Å². The molecule has 3 N–H and O–H groups in total. The Balaban J connectivity index is 0.000000317. The molecular weight excluding hydrogens is 544 g/mol. The highest BCUT2D eigenvalue weighted by Gasteiger charge is 2.54. The normalized spacial score (nSPS) is 20.9. The van der Waals surface area contributed by atoms with Gasteiger partial charge < -0.3 is 24.7 Å². The van der Waals surface area contributed by atoms with Gasteiger partial charge in [-0.05, 0) is 38.1 Å². The Morgan fingerprint density at radius 1 is 1.13 bits per heavy atom. The lowest BCUT2D eigenvalue weighted by Crippen LogP contribution is -2.40. The molecule has 39 heavy (non-hydrogen) atoms. The number of carbonyl (C=O) groups is 3. The zero-order valence-corrected chi connectivity index (χ0v) is 20.4. The van der Waals surface area contributed by atoms with E-state index in [2.05, 4.69) is 15.2 Å². The Hall–Kier alpha value is -3.82. The van der Waals surface area contributed by atoms with E-state index < -0.39 is 24.3 Å². The largest absolute Gasteiger partial charge is 0.490 e. The molecule has 0 aliphatic carbocycles.